The minimum Gasteiger partial charge on any atom is -0.499 e. The zero-order chi connectivity index (χ0) is 54.6. The Morgan fingerprint density at radius 2 is 0.895 bits per heavy atom. The number of Topliss-reactive ketones (excluding diaryl/α,β-unsaturated/α-hetero) is 2. The molecule has 0 amide bonds. The van der Waals surface area contributed by atoms with Crippen LogP contribution in [-0.2, 0) is 33.5 Å². The van der Waals surface area contributed by atoms with Crippen molar-refractivity contribution in [1.82, 2.24) is 31.1 Å². The summed E-state index contributed by atoms with van der Waals surface area (Å²) in [5.41, 5.74) is -0.169. The summed E-state index contributed by atoms with van der Waals surface area (Å²) in [7, 11) is 0. The molecule has 0 atom stereocenters. The van der Waals surface area contributed by atoms with Crippen LogP contribution >= 0.6 is 67.8 Å². The van der Waals surface area contributed by atoms with E-state index in [1.807, 2.05) is 67.8 Å². The van der Waals surface area contributed by atoms with Crippen molar-refractivity contribution >= 4 is 119 Å². The molecule has 0 bridgehead atoms. The maximum Gasteiger partial charge on any atom is 0.336 e. The number of nitrogens with zero attached hydrogens (tertiary/aromatic N) is 6. The van der Waals surface area contributed by atoms with Crippen molar-refractivity contribution in [3.63, 3.8) is 0 Å². The SMILES string of the molecule is C=COCCOCC(=O)c1cc2onnc2c(F)c1Cc1ccc(I)cc1F.O=C(COCCO)c1cc2onnc2c(F)c1Cc1ccc(I)cc1F.O=C(O)c1cc2onnc2c(F)c1Cc1ccc(I)cc1F. The van der Waals surface area contributed by atoms with Gasteiger partial charge >= 0.3 is 5.97 Å². The number of benzene rings is 6. The number of carboxylic acid groups (broad SMARTS) is 1. The van der Waals surface area contributed by atoms with Gasteiger partial charge in [0.2, 0.25) is 0 Å². The van der Waals surface area contributed by atoms with Crippen molar-refractivity contribution < 1.29 is 78.7 Å². The summed E-state index contributed by atoms with van der Waals surface area (Å²) in [6.45, 7) is 2.87. The minimum absolute atomic E-state index is 0.00411. The number of carbonyl (C=O) groups excluding carboxylic acids is 2. The van der Waals surface area contributed by atoms with Crippen molar-refractivity contribution in [3.05, 3.63) is 181 Å². The number of carbonyl (C=O) groups is 3. The monoisotopic (exact) mass is 1390 g/mol. The molecule has 0 radical (unpaired) electrons. The summed E-state index contributed by atoms with van der Waals surface area (Å²) in [6.07, 6.45) is 0.786. The Kier molecular flexibility index (Phi) is 20.0. The third-order valence-corrected chi connectivity index (χ3v) is 12.9. The van der Waals surface area contributed by atoms with Crippen LogP contribution in [0.15, 0.2) is 99.2 Å². The van der Waals surface area contributed by atoms with Crippen LogP contribution in [0.2, 0.25) is 0 Å². The molecule has 6 aromatic carbocycles. The number of aromatic nitrogens is 6. The predicted octanol–water partition coefficient (Wildman–Crippen LogP) is 10.3. The number of ether oxygens (including phenoxy) is 3. The van der Waals surface area contributed by atoms with Gasteiger partial charge in [0.1, 0.15) is 37.3 Å². The Labute approximate surface area is 465 Å². The van der Waals surface area contributed by atoms with Gasteiger partial charge in [-0.25, -0.2) is 31.1 Å². The molecule has 76 heavy (non-hydrogen) atoms. The molecule has 3 aromatic heterocycles. The first kappa shape index (κ1) is 57.2. The van der Waals surface area contributed by atoms with E-state index in [9.17, 15) is 45.8 Å². The second-order valence-electron chi connectivity index (χ2n) is 15.8. The molecule has 0 aliphatic rings. The van der Waals surface area contributed by atoms with E-state index in [1.165, 1.54) is 48.7 Å². The van der Waals surface area contributed by atoms with Gasteiger partial charge in [0, 0.05) is 79.7 Å². The predicted molar refractivity (Wildman–Crippen MR) is 282 cm³/mol. The molecule has 0 spiro atoms. The second-order valence-corrected chi connectivity index (χ2v) is 19.5. The number of hydrogen-bond donors (Lipinski definition) is 2. The zero-order valence-electron chi connectivity index (χ0n) is 38.7. The van der Waals surface area contributed by atoms with Crippen LogP contribution in [0.4, 0.5) is 26.3 Å². The zero-order valence-corrected chi connectivity index (χ0v) is 45.2. The van der Waals surface area contributed by atoms with Crippen LogP contribution in [-0.4, -0.2) is 98.5 Å². The molecule has 26 heteroatoms. The first-order valence-electron chi connectivity index (χ1n) is 21.9. The number of aromatic carboxylic acids is 1. The van der Waals surface area contributed by atoms with Gasteiger partial charge in [0.15, 0.2) is 62.3 Å². The molecular formula is C50H35F6I3N6O11. The van der Waals surface area contributed by atoms with Gasteiger partial charge in [-0.2, -0.15) is 0 Å². The number of aliphatic hydroxyl groups is 1. The number of rotatable bonds is 19. The maximum atomic E-state index is 15.0. The quantitative estimate of drug-likeness (QED) is 0.0252. The van der Waals surface area contributed by atoms with Gasteiger partial charge in [0.05, 0.1) is 31.6 Å². The Balaban J connectivity index is 0.000000167. The normalized spacial score (nSPS) is 11.1. The van der Waals surface area contributed by atoms with E-state index >= 15 is 0 Å². The van der Waals surface area contributed by atoms with Gasteiger partial charge in [-0.3, -0.25) is 9.59 Å². The molecule has 0 unspecified atom stereocenters. The average molecular weight is 1390 g/mol. The standard InChI is InChI=1S/C19H15F2IN2O4.C17H13F2IN2O4.C14H7F2IN2O3/c1-2-26-5-6-27-10-16(25)13-9-17-19(23-24-28-17)18(21)14(13)7-11-3-4-12(22)8-15(11)20;18-13-6-10(20)2-1-9(13)5-12-11(14(24)8-25-4-3-23)7-15-17(16(12)19)21-22-26-15;15-10-4-7(17)2-1-6(10)3-8-9(14(20)21)5-11-13(12(8)16)18-19-22-11/h2-4,8-9H,1,5-7,10H2;1-2,6-7,23H,3-5,8H2;1-2,4-5H,3H2,(H,20,21). The maximum absolute atomic E-state index is 15.0. The Morgan fingerprint density at radius 3 is 1.24 bits per heavy atom. The number of ketones is 2. The van der Waals surface area contributed by atoms with Crippen molar-refractivity contribution in [2.45, 2.75) is 19.3 Å². The second kappa shape index (κ2) is 26.5. The van der Waals surface area contributed by atoms with Crippen LogP contribution < -0.4 is 0 Å². The van der Waals surface area contributed by atoms with E-state index in [4.69, 9.17) is 32.9 Å². The van der Waals surface area contributed by atoms with Crippen LogP contribution in [0.3, 0.4) is 0 Å². The van der Waals surface area contributed by atoms with E-state index in [-0.39, 0.29) is 142 Å². The third kappa shape index (κ3) is 13.9. The number of aliphatic hydroxyl groups excluding tert-OH is 1. The fraction of sp³-hybridized carbons (Fsp3) is 0.180. The minimum atomic E-state index is -1.34. The van der Waals surface area contributed by atoms with Crippen LogP contribution in [0.1, 0.15) is 64.5 Å². The summed E-state index contributed by atoms with van der Waals surface area (Å²) in [5.74, 6) is -6.26. The van der Waals surface area contributed by atoms with Crippen molar-refractivity contribution in [1.29, 1.82) is 0 Å². The van der Waals surface area contributed by atoms with Crippen LogP contribution in [0, 0.1) is 45.6 Å². The highest BCUT2D eigenvalue weighted by Crippen LogP contribution is 2.31. The van der Waals surface area contributed by atoms with Gasteiger partial charge in [-0.1, -0.05) is 24.8 Å². The molecule has 9 aromatic rings. The molecule has 0 saturated carbocycles. The van der Waals surface area contributed by atoms with Crippen molar-refractivity contribution in [2.75, 3.05) is 39.6 Å². The van der Waals surface area contributed by atoms with E-state index in [0.717, 1.165) is 6.07 Å². The van der Waals surface area contributed by atoms with Crippen LogP contribution in [0.25, 0.3) is 33.3 Å². The first-order valence-corrected chi connectivity index (χ1v) is 25.1. The lowest BCUT2D eigenvalue weighted by atomic mass is 9.95. The van der Waals surface area contributed by atoms with Gasteiger partial charge in [-0.15, -0.1) is 15.3 Å². The molecule has 2 N–H and O–H groups in total. The lowest BCUT2D eigenvalue weighted by molar-refractivity contribution is 0.0637. The summed E-state index contributed by atoms with van der Waals surface area (Å²) in [6, 6.07) is 17.4. The van der Waals surface area contributed by atoms with Crippen molar-refractivity contribution in [3.8, 4) is 0 Å². The number of carboxylic acids is 1. The summed E-state index contributed by atoms with van der Waals surface area (Å²) < 4.78 is 118. The summed E-state index contributed by atoms with van der Waals surface area (Å²) in [4.78, 5) is 36.4. The molecule has 0 aliphatic heterocycles. The first-order chi connectivity index (χ1) is 36.5. The van der Waals surface area contributed by atoms with Gasteiger partial charge in [-0.05, 0) is 133 Å². The smallest absolute Gasteiger partial charge is 0.336 e. The highest BCUT2D eigenvalue weighted by atomic mass is 127. The largest absolute Gasteiger partial charge is 0.499 e. The highest BCUT2D eigenvalue weighted by molar-refractivity contribution is 14.1. The molecular weight excluding hydrogens is 1360 g/mol. The number of halogens is 9. The molecule has 3 heterocycles. The Hall–Kier alpha value is -6.48. The van der Waals surface area contributed by atoms with E-state index in [0.29, 0.717) is 10.7 Å². The fourth-order valence-corrected chi connectivity index (χ4v) is 8.64. The molecule has 0 aliphatic carbocycles. The third-order valence-electron chi connectivity index (χ3n) is 10.9. The van der Waals surface area contributed by atoms with Gasteiger partial charge < -0.3 is 38.0 Å². The molecule has 9 rings (SSSR count). The number of hydrogen-bond acceptors (Lipinski definition) is 16. The van der Waals surface area contributed by atoms with Crippen LogP contribution in [0.5, 0.6) is 0 Å². The van der Waals surface area contributed by atoms with E-state index in [1.54, 1.807) is 24.3 Å². The Bertz CT molecular complexity index is 3620. The topological polar surface area (TPSA) is 236 Å². The Morgan fingerprint density at radius 1 is 0.539 bits per heavy atom. The van der Waals surface area contributed by atoms with Gasteiger partial charge in [0.25, 0.3) is 0 Å². The fourth-order valence-electron chi connectivity index (χ4n) is 7.29. The number of fused-ring (bicyclic) bond motifs is 3. The average Bonchev–Trinajstić information content (AvgIpc) is 4.20. The van der Waals surface area contributed by atoms with E-state index in [2.05, 4.69) is 37.7 Å². The van der Waals surface area contributed by atoms with E-state index < -0.39 is 52.4 Å². The lowest BCUT2D eigenvalue weighted by Crippen LogP contribution is -2.15. The highest BCUT2D eigenvalue weighted by Gasteiger charge is 2.26. The molecule has 394 valence electrons. The molecule has 0 fully saturated rings. The van der Waals surface area contributed by atoms with Crippen molar-refractivity contribution in [2.24, 2.45) is 0 Å². The lowest BCUT2D eigenvalue weighted by Gasteiger charge is -2.11. The molecule has 0 saturated heterocycles. The summed E-state index contributed by atoms with van der Waals surface area (Å²) in [5, 5.41) is 38.5. The summed E-state index contributed by atoms with van der Waals surface area (Å²) >= 11 is 5.90. The molecule has 17 nitrogen and oxygen atoms in total.